The molecule has 0 aliphatic carbocycles. The lowest BCUT2D eigenvalue weighted by Gasteiger charge is -2.30. The lowest BCUT2D eigenvalue weighted by molar-refractivity contribution is -0.122. The Morgan fingerprint density at radius 1 is 1.46 bits per heavy atom. The van der Waals surface area contributed by atoms with Gasteiger partial charge < -0.3 is 15.1 Å². The maximum Gasteiger partial charge on any atom is 0.220 e. The van der Waals surface area contributed by atoms with Gasteiger partial charge in [-0.25, -0.2) is 4.98 Å². The van der Waals surface area contributed by atoms with E-state index in [0.717, 1.165) is 29.4 Å². The molecular weight excluding hydrogens is 370 g/mol. The monoisotopic (exact) mass is 391 g/mol. The van der Waals surface area contributed by atoms with Crippen LogP contribution in [0.5, 0.6) is 0 Å². The molecule has 2 atom stereocenters. The Morgan fingerprint density at radius 3 is 3.08 bits per heavy atom. The second-order valence-corrected chi connectivity index (χ2v) is 7.01. The molecule has 2 heterocycles. The van der Waals surface area contributed by atoms with Crippen molar-refractivity contribution in [3.63, 3.8) is 0 Å². The van der Waals surface area contributed by atoms with E-state index in [1.165, 1.54) is 0 Å². The number of benzene rings is 1. The first-order chi connectivity index (χ1) is 11.6. The van der Waals surface area contributed by atoms with Crippen molar-refractivity contribution in [1.29, 1.82) is 0 Å². The zero-order chi connectivity index (χ0) is 16.9. The Balaban J connectivity index is 1.54. The van der Waals surface area contributed by atoms with Crippen LogP contribution < -0.4 is 10.6 Å². The number of carbonyl (C=O) groups excluding carboxylic acids is 1. The number of hydrogen-bond donors (Lipinski definition) is 2. The van der Waals surface area contributed by atoms with Gasteiger partial charge >= 0.3 is 0 Å². The third-order valence-electron chi connectivity index (χ3n) is 4.37. The summed E-state index contributed by atoms with van der Waals surface area (Å²) in [6.07, 6.45) is 4.74. The van der Waals surface area contributed by atoms with Crippen LogP contribution in [0.1, 0.15) is 32.1 Å². The number of piperidine rings is 1. The summed E-state index contributed by atoms with van der Waals surface area (Å²) in [6, 6.07) is 8.38. The van der Waals surface area contributed by atoms with Gasteiger partial charge in [-0.05, 0) is 32.4 Å². The quantitative estimate of drug-likeness (QED) is 0.820. The van der Waals surface area contributed by atoms with Crippen molar-refractivity contribution in [2.24, 2.45) is 0 Å². The molecule has 0 bridgehead atoms. The van der Waals surface area contributed by atoms with Gasteiger partial charge in [-0.15, -0.1) is 0 Å². The number of carbonyl (C=O) groups is 1. The maximum absolute atomic E-state index is 12.1. The zero-order valence-corrected chi connectivity index (χ0v) is 15.3. The SMILES string of the molecule is CC1NCCCC1NC(=O)CCc1ncc(-c2ccccc2Br)o1. The van der Waals surface area contributed by atoms with Crippen molar-refractivity contribution in [3.05, 3.63) is 40.8 Å². The number of nitrogens with zero attached hydrogens (tertiary/aromatic N) is 1. The summed E-state index contributed by atoms with van der Waals surface area (Å²) >= 11 is 3.51. The molecule has 1 aliphatic rings. The van der Waals surface area contributed by atoms with Crippen molar-refractivity contribution in [1.82, 2.24) is 15.6 Å². The molecule has 24 heavy (non-hydrogen) atoms. The summed E-state index contributed by atoms with van der Waals surface area (Å²) in [4.78, 5) is 16.4. The van der Waals surface area contributed by atoms with Crippen LogP contribution in [0.2, 0.25) is 0 Å². The van der Waals surface area contributed by atoms with E-state index in [1.807, 2.05) is 24.3 Å². The van der Waals surface area contributed by atoms with Crippen LogP contribution in [-0.4, -0.2) is 29.5 Å². The number of rotatable bonds is 5. The highest BCUT2D eigenvalue weighted by molar-refractivity contribution is 9.10. The molecule has 2 aromatic rings. The molecule has 0 spiro atoms. The van der Waals surface area contributed by atoms with Gasteiger partial charge in [0.05, 0.1) is 6.20 Å². The second-order valence-electron chi connectivity index (χ2n) is 6.16. The molecule has 128 valence electrons. The highest BCUT2D eigenvalue weighted by atomic mass is 79.9. The fraction of sp³-hybridized carbons (Fsp3) is 0.444. The van der Waals surface area contributed by atoms with Crippen LogP contribution >= 0.6 is 15.9 Å². The molecular formula is C18H22BrN3O2. The maximum atomic E-state index is 12.1. The molecule has 3 rings (SSSR count). The van der Waals surface area contributed by atoms with Crippen molar-refractivity contribution in [3.8, 4) is 11.3 Å². The molecule has 0 radical (unpaired) electrons. The topological polar surface area (TPSA) is 67.2 Å². The largest absolute Gasteiger partial charge is 0.441 e. The van der Waals surface area contributed by atoms with Crippen LogP contribution in [0.3, 0.4) is 0 Å². The standard InChI is InChI=1S/C18H22BrN3O2/c1-12-15(7-4-10-20-12)22-17(23)8-9-18-21-11-16(24-18)13-5-2-3-6-14(13)19/h2-3,5-6,11-12,15,20H,4,7-10H2,1H3,(H,22,23). The van der Waals surface area contributed by atoms with E-state index in [-0.39, 0.29) is 11.9 Å². The first kappa shape index (κ1) is 17.2. The molecule has 5 nitrogen and oxygen atoms in total. The van der Waals surface area contributed by atoms with Crippen molar-refractivity contribution in [2.45, 2.75) is 44.7 Å². The Kier molecular flexibility index (Phi) is 5.68. The molecule has 1 aromatic heterocycles. The Labute approximate surface area is 150 Å². The number of aromatic nitrogens is 1. The van der Waals surface area contributed by atoms with Gasteiger partial charge in [0.25, 0.3) is 0 Å². The fourth-order valence-electron chi connectivity index (χ4n) is 2.95. The van der Waals surface area contributed by atoms with Crippen molar-refractivity contribution >= 4 is 21.8 Å². The Hall–Kier alpha value is -1.66. The third kappa shape index (κ3) is 4.24. The van der Waals surface area contributed by atoms with Gasteiger partial charge in [-0.3, -0.25) is 4.79 Å². The molecule has 2 unspecified atom stereocenters. The molecule has 1 aliphatic heterocycles. The molecule has 1 fully saturated rings. The number of hydrogen-bond acceptors (Lipinski definition) is 4. The fourth-order valence-corrected chi connectivity index (χ4v) is 3.43. The van der Waals surface area contributed by atoms with E-state index >= 15 is 0 Å². The van der Waals surface area contributed by atoms with Gasteiger partial charge in [-0.1, -0.05) is 34.1 Å². The minimum absolute atomic E-state index is 0.0520. The van der Waals surface area contributed by atoms with E-state index in [0.29, 0.717) is 30.5 Å². The number of halogens is 1. The summed E-state index contributed by atoms with van der Waals surface area (Å²) in [5, 5.41) is 6.50. The smallest absolute Gasteiger partial charge is 0.220 e. The molecule has 0 saturated carbocycles. The van der Waals surface area contributed by atoms with Gasteiger partial charge in [0.15, 0.2) is 11.7 Å². The lowest BCUT2D eigenvalue weighted by Crippen LogP contribution is -2.51. The minimum Gasteiger partial charge on any atom is -0.441 e. The van der Waals surface area contributed by atoms with Gasteiger partial charge in [0.1, 0.15) is 0 Å². The molecule has 1 aromatic carbocycles. The summed E-state index contributed by atoms with van der Waals surface area (Å²) in [7, 11) is 0. The number of nitrogens with one attached hydrogen (secondary N) is 2. The van der Waals surface area contributed by atoms with Crippen LogP contribution in [-0.2, 0) is 11.2 Å². The Morgan fingerprint density at radius 2 is 2.29 bits per heavy atom. The van der Waals surface area contributed by atoms with Gasteiger partial charge in [-0.2, -0.15) is 0 Å². The second kappa shape index (κ2) is 7.94. The van der Waals surface area contributed by atoms with E-state index in [9.17, 15) is 4.79 Å². The van der Waals surface area contributed by atoms with E-state index in [4.69, 9.17) is 4.42 Å². The first-order valence-electron chi connectivity index (χ1n) is 8.36. The average molecular weight is 392 g/mol. The Bertz CT molecular complexity index is 701. The van der Waals surface area contributed by atoms with Gasteiger partial charge in [0.2, 0.25) is 5.91 Å². The van der Waals surface area contributed by atoms with Crippen LogP contribution in [0, 0.1) is 0 Å². The minimum atomic E-state index is 0.0520. The van der Waals surface area contributed by atoms with Gasteiger partial charge in [0, 0.05) is 35.0 Å². The highest BCUT2D eigenvalue weighted by Crippen LogP contribution is 2.28. The summed E-state index contributed by atoms with van der Waals surface area (Å²) in [5.74, 6) is 1.35. The zero-order valence-electron chi connectivity index (χ0n) is 13.7. The third-order valence-corrected chi connectivity index (χ3v) is 5.06. The van der Waals surface area contributed by atoms with Crippen LogP contribution in [0.4, 0.5) is 0 Å². The highest BCUT2D eigenvalue weighted by Gasteiger charge is 2.22. The summed E-state index contributed by atoms with van der Waals surface area (Å²) in [6.45, 7) is 3.14. The normalized spacial score (nSPS) is 20.8. The first-order valence-corrected chi connectivity index (χ1v) is 9.15. The van der Waals surface area contributed by atoms with Crippen LogP contribution in [0.25, 0.3) is 11.3 Å². The summed E-state index contributed by atoms with van der Waals surface area (Å²) < 4.78 is 6.74. The number of aryl methyl sites for hydroxylation is 1. The van der Waals surface area contributed by atoms with E-state index in [2.05, 4.69) is 38.5 Å². The lowest BCUT2D eigenvalue weighted by atomic mass is 10.00. The van der Waals surface area contributed by atoms with Crippen LogP contribution in [0.15, 0.2) is 39.4 Å². The molecule has 1 amide bonds. The molecule has 2 N–H and O–H groups in total. The predicted molar refractivity (Wildman–Crippen MR) is 96.6 cm³/mol. The number of amides is 1. The van der Waals surface area contributed by atoms with E-state index < -0.39 is 0 Å². The predicted octanol–water partition coefficient (Wildman–Crippen LogP) is 3.29. The molecule has 1 saturated heterocycles. The summed E-state index contributed by atoms with van der Waals surface area (Å²) in [5.41, 5.74) is 0.961. The van der Waals surface area contributed by atoms with E-state index in [1.54, 1.807) is 6.20 Å². The molecule has 6 heteroatoms. The average Bonchev–Trinajstić information content (AvgIpc) is 3.04. The van der Waals surface area contributed by atoms with Crippen molar-refractivity contribution < 1.29 is 9.21 Å². The number of oxazole rings is 1. The van der Waals surface area contributed by atoms with Crippen molar-refractivity contribution in [2.75, 3.05) is 6.54 Å².